The number of hydrogen-bond donors (Lipinski definition) is 0. The Hall–Kier alpha value is -1.78. The Morgan fingerprint density at radius 1 is 1.54 bits per heavy atom. The SMILES string of the molecule is Cc1cc([N+](=O)[O-])c(C=O)cc1F. The van der Waals surface area contributed by atoms with E-state index >= 15 is 0 Å². The molecule has 0 aliphatic rings. The first-order valence-electron chi connectivity index (χ1n) is 3.46. The summed E-state index contributed by atoms with van der Waals surface area (Å²) >= 11 is 0. The van der Waals surface area contributed by atoms with Gasteiger partial charge >= 0.3 is 0 Å². The number of rotatable bonds is 2. The molecule has 1 rings (SSSR count). The van der Waals surface area contributed by atoms with Gasteiger partial charge < -0.3 is 0 Å². The van der Waals surface area contributed by atoms with Gasteiger partial charge in [0.2, 0.25) is 0 Å². The highest BCUT2D eigenvalue weighted by atomic mass is 19.1. The number of carbonyl (C=O) groups is 1. The highest BCUT2D eigenvalue weighted by molar-refractivity contribution is 5.81. The molecule has 0 aliphatic carbocycles. The molecule has 0 heterocycles. The van der Waals surface area contributed by atoms with Crippen molar-refractivity contribution in [2.45, 2.75) is 6.92 Å². The predicted molar refractivity (Wildman–Crippen MR) is 43.2 cm³/mol. The van der Waals surface area contributed by atoms with Gasteiger partial charge in [0.1, 0.15) is 5.82 Å². The second-order valence-electron chi connectivity index (χ2n) is 2.54. The maximum atomic E-state index is 12.8. The van der Waals surface area contributed by atoms with Crippen LogP contribution in [0.1, 0.15) is 15.9 Å². The second kappa shape index (κ2) is 3.30. The van der Waals surface area contributed by atoms with Crippen LogP contribution >= 0.6 is 0 Å². The average molecular weight is 183 g/mol. The molecule has 0 amide bonds. The summed E-state index contributed by atoms with van der Waals surface area (Å²) < 4.78 is 12.8. The quantitative estimate of drug-likeness (QED) is 0.399. The van der Waals surface area contributed by atoms with Gasteiger partial charge in [0, 0.05) is 6.07 Å². The third kappa shape index (κ3) is 1.69. The lowest BCUT2D eigenvalue weighted by atomic mass is 10.1. The zero-order chi connectivity index (χ0) is 10.0. The van der Waals surface area contributed by atoms with Gasteiger partial charge in [-0.15, -0.1) is 0 Å². The number of nitro benzene ring substituents is 1. The molecule has 0 N–H and O–H groups in total. The molecule has 0 bridgehead atoms. The smallest absolute Gasteiger partial charge is 0.280 e. The minimum Gasteiger partial charge on any atom is -0.298 e. The number of halogens is 1. The lowest BCUT2D eigenvalue weighted by Gasteiger charge is -1.98. The minimum atomic E-state index is -0.712. The van der Waals surface area contributed by atoms with Gasteiger partial charge in [-0.1, -0.05) is 0 Å². The molecule has 0 radical (unpaired) electrons. The van der Waals surface area contributed by atoms with Crippen molar-refractivity contribution in [1.29, 1.82) is 0 Å². The van der Waals surface area contributed by atoms with Gasteiger partial charge in [0.25, 0.3) is 5.69 Å². The molecule has 0 atom stereocenters. The number of carbonyl (C=O) groups excluding carboxylic acids is 1. The van der Waals surface area contributed by atoms with E-state index in [0.717, 1.165) is 12.1 Å². The monoisotopic (exact) mass is 183 g/mol. The standard InChI is InChI=1S/C8H6FNO3/c1-5-2-8(10(12)13)6(4-11)3-7(5)9/h2-4H,1H3. The zero-order valence-electron chi connectivity index (χ0n) is 6.78. The minimum absolute atomic E-state index is 0.150. The fraction of sp³-hybridized carbons (Fsp3) is 0.125. The lowest BCUT2D eigenvalue weighted by Crippen LogP contribution is -1.97. The van der Waals surface area contributed by atoms with Crippen molar-refractivity contribution in [3.63, 3.8) is 0 Å². The van der Waals surface area contributed by atoms with E-state index in [4.69, 9.17) is 0 Å². The van der Waals surface area contributed by atoms with Gasteiger partial charge in [0.05, 0.1) is 10.5 Å². The molecule has 0 saturated heterocycles. The van der Waals surface area contributed by atoms with Gasteiger partial charge in [-0.25, -0.2) is 4.39 Å². The molecule has 0 aromatic heterocycles. The van der Waals surface area contributed by atoms with Gasteiger partial charge in [0.15, 0.2) is 6.29 Å². The second-order valence-corrected chi connectivity index (χ2v) is 2.54. The topological polar surface area (TPSA) is 60.2 Å². The molecule has 0 unspecified atom stereocenters. The van der Waals surface area contributed by atoms with E-state index in [1.54, 1.807) is 0 Å². The van der Waals surface area contributed by atoms with Crippen molar-refractivity contribution in [1.82, 2.24) is 0 Å². The van der Waals surface area contributed by atoms with Crippen molar-refractivity contribution < 1.29 is 14.1 Å². The Balaban J connectivity index is 3.41. The molecule has 0 aliphatic heterocycles. The summed E-state index contributed by atoms with van der Waals surface area (Å²) in [6, 6.07) is 1.90. The maximum absolute atomic E-state index is 12.8. The van der Waals surface area contributed by atoms with Crippen LogP contribution < -0.4 is 0 Å². The van der Waals surface area contributed by atoms with E-state index in [0.29, 0.717) is 0 Å². The third-order valence-corrected chi connectivity index (χ3v) is 1.63. The van der Waals surface area contributed by atoms with Crippen LogP contribution in [-0.2, 0) is 0 Å². The first kappa shape index (κ1) is 9.31. The van der Waals surface area contributed by atoms with E-state index in [-0.39, 0.29) is 23.1 Å². The summed E-state index contributed by atoms with van der Waals surface area (Å²) in [4.78, 5) is 20.0. The summed E-state index contributed by atoms with van der Waals surface area (Å²) in [7, 11) is 0. The molecule has 1 aromatic carbocycles. The number of benzene rings is 1. The van der Waals surface area contributed by atoms with Crippen molar-refractivity contribution in [3.8, 4) is 0 Å². The predicted octanol–water partition coefficient (Wildman–Crippen LogP) is 1.85. The molecule has 68 valence electrons. The van der Waals surface area contributed by atoms with Crippen LogP contribution in [0.4, 0.5) is 10.1 Å². The summed E-state index contributed by atoms with van der Waals surface area (Å²) in [5, 5.41) is 10.4. The summed E-state index contributed by atoms with van der Waals surface area (Å²) in [6.07, 6.45) is 0.265. The first-order chi connectivity index (χ1) is 6.06. The highest BCUT2D eigenvalue weighted by Crippen LogP contribution is 2.20. The summed E-state index contributed by atoms with van der Waals surface area (Å²) in [6.45, 7) is 1.40. The normalized spacial score (nSPS) is 9.69. The molecule has 13 heavy (non-hydrogen) atoms. The first-order valence-corrected chi connectivity index (χ1v) is 3.46. The van der Waals surface area contributed by atoms with E-state index in [1.165, 1.54) is 6.92 Å². The highest BCUT2D eigenvalue weighted by Gasteiger charge is 2.15. The van der Waals surface area contributed by atoms with E-state index in [9.17, 15) is 19.3 Å². The Labute approximate surface area is 73.1 Å². The average Bonchev–Trinajstić information content (AvgIpc) is 2.08. The Kier molecular flexibility index (Phi) is 2.36. The van der Waals surface area contributed by atoms with E-state index in [2.05, 4.69) is 0 Å². The number of nitrogens with zero attached hydrogens (tertiary/aromatic N) is 1. The number of nitro groups is 1. The fourth-order valence-corrected chi connectivity index (χ4v) is 0.934. The molecular formula is C8H6FNO3. The van der Waals surface area contributed by atoms with Crippen molar-refractivity contribution in [3.05, 3.63) is 39.2 Å². The van der Waals surface area contributed by atoms with Gasteiger partial charge in [-0.2, -0.15) is 0 Å². The van der Waals surface area contributed by atoms with Crippen LogP contribution in [0.25, 0.3) is 0 Å². The molecule has 5 heteroatoms. The number of hydrogen-bond acceptors (Lipinski definition) is 3. The lowest BCUT2D eigenvalue weighted by molar-refractivity contribution is -0.385. The maximum Gasteiger partial charge on any atom is 0.280 e. The van der Waals surface area contributed by atoms with Crippen LogP contribution in [0.3, 0.4) is 0 Å². The van der Waals surface area contributed by atoms with Crippen molar-refractivity contribution in [2.75, 3.05) is 0 Å². The van der Waals surface area contributed by atoms with Crippen molar-refractivity contribution >= 4 is 12.0 Å². The molecule has 0 fully saturated rings. The van der Waals surface area contributed by atoms with E-state index in [1.807, 2.05) is 0 Å². The number of aryl methyl sites for hydroxylation is 1. The summed E-state index contributed by atoms with van der Waals surface area (Å²) in [5.41, 5.74) is -0.459. The molecular weight excluding hydrogens is 177 g/mol. The van der Waals surface area contributed by atoms with Gasteiger partial charge in [-0.3, -0.25) is 14.9 Å². The van der Waals surface area contributed by atoms with Crippen molar-refractivity contribution in [2.24, 2.45) is 0 Å². The van der Waals surface area contributed by atoms with Crippen LogP contribution in [0, 0.1) is 22.9 Å². The Morgan fingerprint density at radius 3 is 2.62 bits per heavy atom. The molecule has 0 spiro atoms. The molecule has 0 saturated carbocycles. The Morgan fingerprint density at radius 2 is 2.15 bits per heavy atom. The van der Waals surface area contributed by atoms with Crippen LogP contribution in [0.5, 0.6) is 0 Å². The fourth-order valence-electron chi connectivity index (χ4n) is 0.934. The Bertz CT molecular complexity index is 376. The van der Waals surface area contributed by atoms with Crippen LogP contribution in [-0.4, -0.2) is 11.2 Å². The van der Waals surface area contributed by atoms with Crippen LogP contribution in [0.2, 0.25) is 0 Å². The largest absolute Gasteiger partial charge is 0.298 e. The van der Waals surface area contributed by atoms with E-state index < -0.39 is 10.7 Å². The molecule has 1 aromatic rings. The van der Waals surface area contributed by atoms with Crippen LogP contribution in [0.15, 0.2) is 12.1 Å². The summed E-state index contributed by atoms with van der Waals surface area (Å²) in [5.74, 6) is -0.618. The molecule has 4 nitrogen and oxygen atoms in total. The zero-order valence-corrected chi connectivity index (χ0v) is 6.78. The number of aldehydes is 1. The van der Waals surface area contributed by atoms with Gasteiger partial charge in [-0.05, 0) is 18.6 Å². The third-order valence-electron chi connectivity index (χ3n) is 1.63.